The van der Waals surface area contributed by atoms with Gasteiger partial charge in [-0.15, -0.1) is 0 Å². The SMILES string of the molecule is CNc1cc(Cl)ccc1C(=N)c1cnc2[nH]cc(C(=O)N[C@H](C)C(=O)N3CC(C#N)C3)c2n1. The molecule has 0 unspecified atom stereocenters. The van der Waals surface area contributed by atoms with E-state index in [4.69, 9.17) is 22.3 Å². The molecule has 1 atom stereocenters. The van der Waals surface area contributed by atoms with Crippen LogP contribution in [0.2, 0.25) is 5.02 Å². The molecule has 1 aromatic carbocycles. The number of rotatable bonds is 6. The van der Waals surface area contributed by atoms with Crippen LogP contribution in [0.1, 0.15) is 28.5 Å². The van der Waals surface area contributed by atoms with Gasteiger partial charge in [0.25, 0.3) is 5.91 Å². The summed E-state index contributed by atoms with van der Waals surface area (Å²) in [5.74, 6) is -0.885. The maximum absolute atomic E-state index is 12.9. The second kappa shape index (κ2) is 8.88. The number of aromatic amines is 1. The molecule has 2 amide bonds. The van der Waals surface area contributed by atoms with Gasteiger partial charge < -0.3 is 20.5 Å². The number of benzene rings is 1. The fourth-order valence-electron chi connectivity index (χ4n) is 3.61. The minimum Gasteiger partial charge on any atom is -0.388 e. The predicted molar refractivity (Wildman–Crippen MR) is 123 cm³/mol. The van der Waals surface area contributed by atoms with E-state index in [0.29, 0.717) is 40.5 Å². The van der Waals surface area contributed by atoms with Crippen molar-refractivity contribution in [3.63, 3.8) is 0 Å². The molecular formula is C22H21ClN8O2. The van der Waals surface area contributed by atoms with Crippen molar-refractivity contribution in [3.05, 3.63) is 52.4 Å². The summed E-state index contributed by atoms with van der Waals surface area (Å²) >= 11 is 6.05. The number of hydrogen-bond donors (Lipinski definition) is 4. The van der Waals surface area contributed by atoms with Gasteiger partial charge in [-0.25, -0.2) is 9.97 Å². The van der Waals surface area contributed by atoms with Crippen molar-refractivity contribution >= 4 is 46.0 Å². The van der Waals surface area contributed by atoms with Gasteiger partial charge in [0.2, 0.25) is 5.91 Å². The lowest BCUT2D eigenvalue weighted by molar-refractivity contribution is -0.137. The highest BCUT2D eigenvalue weighted by atomic mass is 35.5. The van der Waals surface area contributed by atoms with Gasteiger partial charge in [-0.2, -0.15) is 5.26 Å². The van der Waals surface area contributed by atoms with Crippen molar-refractivity contribution < 1.29 is 9.59 Å². The maximum Gasteiger partial charge on any atom is 0.255 e. The second-order valence-electron chi connectivity index (χ2n) is 7.73. The summed E-state index contributed by atoms with van der Waals surface area (Å²) in [5, 5.41) is 23.7. The lowest BCUT2D eigenvalue weighted by Gasteiger charge is -2.37. The van der Waals surface area contributed by atoms with Gasteiger partial charge >= 0.3 is 0 Å². The van der Waals surface area contributed by atoms with Crippen LogP contribution in [0.4, 0.5) is 5.69 Å². The summed E-state index contributed by atoms with van der Waals surface area (Å²) in [5.41, 5.74) is 2.55. The third-order valence-electron chi connectivity index (χ3n) is 5.50. The van der Waals surface area contributed by atoms with E-state index in [-0.39, 0.29) is 28.8 Å². The fraction of sp³-hybridized carbons (Fsp3) is 0.273. The lowest BCUT2D eigenvalue weighted by atomic mass is 10.0. The molecule has 3 heterocycles. The number of nitriles is 1. The first-order valence-electron chi connectivity index (χ1n) is 10.2. The number of hydrogen-bond acceptors (Lipinski definition) is 7. The quantitative estimate of drug-likeness (QED) is 0.410. The average Bonchev–Trinajstić information content (AvgIpc) is 3.21. The Balaban J connectivity index is 1.56. The topological polar surface area (TPSA) is 151 Å². The van der Waals surface area contributed by atoms with Crippen LogP contribution in [0.3, 0.4) is 0 Å². The number of nitrogens with one attached hydrogen (secondary N) is 4. The van der Waals surface area contributed by atoms with Crippen LogP contribution in [0.25, 0.3) is 11.2 Å². The molecule has 1 fully saturated rings. The first kappa shape index (κ1) is 22.2. The Morgan fingerprint density at radius 2 is 2.12 bits per heavy atom. The molecule has 168 valence electrons. The molecule has 4 N–H and O–H groups in total. The first-order valence-corrected chi connectivity index (χ1v) is 10.6. The summed E-state index contributed by atoms with van der Waals surface area (Å²) in [6.07, 6.45) is 2.93. The molecule has 1 aliphatic heterocycles. The second-order valence-corrected chi connectivity index (χ2v) is 8.17. The van der Waals surface area contributed by atoms with Gasteiger partial charge in [0.15, 0.2) is 5.65 Å². The smallest absolute Gasteiger partial charge is 0.255 e. The van der Waals surface area contributed by atoms with Gasteiger partial charge in [0.05, 0.1) is 29.5 Å². The van der Waals surface area contributed by atoms with Crippen molar-refractivity contribution in [2.45, 2.75) is 13.0 Å². The van der Waals surface area contributed by atoms with Gasteiger partial charge in [0.1, 0.15) is 17.3 Å². The van der Waals surface area contributed by atoms with Crippen LogP contribution in [-0.4, -0.2) is 63.6 Å². The number of halogens is 1. The Hall–Kier alpha value is -3.97. The molecule has 1 saturated heterocycles. The standard InChI is InChI=1S/C22H21ClN8O2/c1-11(22(33)31-9-12(6-24)10-31)29-21(32)15-7-27-20-19(15)30-17(8-28-20)18(25)14-4-3-13(23)5-16(14)26-2/h3-5,7-8,11-12,25-26H,9-10H2,1-2H3,(H,27,28)(H,29,32)/t11-/m1/s1. The number of carbonyl (C=O) groups excluding carboxylic acids is 2. The highest BCUT2D eigenvalue weighted by Gasteiger charge is 2.33. The van der Waals surface area contributed by atoms with E-state index in [1.807, 2.05) is 0 Å². The molecule has 1 aliphatic rings. The lowest BCUT2D eigenvalue weighted by Crippen LogP contribution is -2.55. The number of nitrogens with zero attached hydrogens (tertiary/aromatic N) is 4. The van der Waals surface area contributed by atoms with Gasteiger partial charge in [0, 0.05) is 42.6 Å². The van der Waals surface area contributed by atoms with E-state index in [2.05, 4.69) is 31.7 Å². The van der Waals surface area contributed by atoms with Crippen LogP contribution >= 0.6 is 11.6 Å². The minimum absolute atomic E-state index is 0.117. The van der Waals surface area contributed by atoms with Crippen LogP contribution < -0.4 is 10.6 Å². The molecule has 4 rings (SSSR count). The first-order chi connectivity index (χ1) is 15.8. The number of fused-ring (bicyclic) bond motifs is 1. The fourth-order valence-corrected chi connectivity index (χ4v) is 3.79. The minimum atomic E-state index is -0.760. The number of carbonyl (C=O) groups is 2. The number of likely N-dealkylation sites (tertiary alicyclic amines) is 1. The Kier molecular flexibility index (Phi) is 5.98. The Labute approximate surface area is 194 Å². The zero-order chi connectivity index (χ0) is 23.7. The van der Waals surface area contributed by atoms with Crippen molar-refractivity contribution in [3.8, 4) is 6.07 Å². The molecule has 11 heteroatoms. The van der Waals surface area contributed by atoms with Crippen LogP contribution in [0, 0.1) is 22.7 Å². The summed E-state index contributed by atoms with van der Waals surface area (Å²) in [4.78, 5) is 38.6. The molecule has 0 aliphatic carbocycles. The highest BCUT2D eigenvalue weighted by Crippen LogP contribution is 2.24. The van der Waals surface area contributed by atoms with Crippen LogP contribution in [0.5, 0.6) is 0 Å². The Bertz CT molecular complexity index is 1310. The summed E-state index contributed by atoms with van der Waals surface area (Å²) in [6, 6.07) is 6.46. The van der Waals surface area contributed by atoms with Gasteiger partial charge in [-0.1, -0.05) is 11.6 Å². The van der Waals surface area contributed by atoms with Crippen LogP contribution in [-0.2, 0) is 4.79 Å². The zero-order valence-electron chi connectivity index (χ0n) is 17.9. The van der Waals surface area contributed by atoms with Crippen molar-refractivity contribution in [2.75, 3.05) is 25.5 Å². The monoisotopic (exact) mass is 464 g/mol. The van der Waals surface area contributed by atoms with Crippen LogP contribution in [0.15, 0.2) is 30.6 Å². The molecule has 2 aromatic heterocycles. The van der Waals surface area contributed by atoms with Crippen molar-refractivity contribution in [2.24, 2.45) is 5.92 Å². The van der Waals surface area contributed by atoms with E-state index in [1.165, 1.54) is 12.4 Å². The third-order valence-corrected chi connectivity index (χ3v) is 5.73. The molecule has 3 aromatic rings. The maximum atomic E-state index is 12.9. The zero-order valence-corrected chi connectivity index (χ0v) is 18.7. The molecule has 10 nitrogen and oxygen atoms in total. The molecule has 0 bridgehead atoms. The van der Waals surface area contributed by atoms with E-state index < -0.39 is 11.9 Å². The number of amides is 2. The predicted octanol–water partition coefficient (Wildman–Crippen LogP) is 2.17. The van der Waals surface area contributed by atoms with E-state index in [1.54, 1.807) is 37.1 Å². The van der Waals surface area contributed by atoms with Gasteiger partial charge in [-0.3, -0.25) is 15.0 Å². The number of H-pyrrole nitrogens is 1. The van der Waals surface area contributed by atoms with E-state index in [0.717, 1.165) is 0 Å². The molecule has 0 spiro atoms. The summed E-state index contributed by atoms with van der Waals surface area (Å²) in [6.45, 7) is 2.35. The molecule has 0 saturated carbocycles. The third kappa shape index (κ3) is 4.23. The van der Waals surface area contributed by atoms with Crippen molar-refractivity contribution in [1.29, 1.82) is 10.7 Å². The van der Waals surface area contributed by atoms with Crippen molar-refractivity contribution in [1.82, 2.24) is 25.2 Å². The molecular weight excluding hydrogens is 444 g/mol. The molecule has 33 heavy (non-hydrogen) atoms. The largest absolute Gasteiger partial charge is 0.388 e. The van der Waals surface area contributed by atoms with E-state index in [9.17, 15) is 9.59 Å². The highest BCUT2D eigenvalue weighted by molar-refractivity contribution is 6.31. The summed E-state index contributed by atoms with van der Waals surface area (Å²) in [7, 11) is 1.73. The number of anilines is 1. The Morgan fingerprint density at radius 1 is 1.36 bits per heavy atom. The average molecular weight is 465 g/mol. The van der Waals surface area contributed by atoms with E-state index >= 15 is 0 Å². The Morgan fingerprint density at radius 3 is 2.82 bits per heavy atom. The van der Waals surface area contributed by atoms with Gasteiger partial charge in [-0.05, 0) is 25.1 Å². The molecule has 0 radical (unpaired) electrons. The number of aromatic nitrogens is 3. The summed E-state index contributed by atoms with van der Waals surface area (Å²) < 4.78 is 0. The normalized spacial score (nSPS) is 14.3.